The second kappa shape index (κ2) is 7.27. The van der Waals surface area contributed by atoms with Crippen LogP contribution in [0.5, 0.6) is 0 Å². The van der Waals surface area contributed by atoms with Crippen LogP contribution in [-0.4, -0.2) is 16.9 Å². The Kier molecular flexibility index (Phi) is 4.91. The quantitative estimate of drug-likeness (QED) is 0.881. The van der Waals surface area contributed by atoms with E-state index in [1.54, 1.807) is 6.20 Å². The Hall–Kier alpha value is -2.36. The molecule has 120 valence electrons. The molecule has 0 atom stereocenters. The molecule has 0 aliphatic heterocycles. The normalized spacial score (nSPS) is 15.2. The summed E-state index contributed by atoms with van der Waals surface area (Å²) in [6.45, 7) is 1.98. The van der Waals surface area contributed by atoms with Crippen molar-refractivity contribution in [2.45, 2.75) is 45.1 Å². The number of nitrogens with zero attached hydrogens (tertiary/aromatic N) is 1. The van der Waals surface area contributed by atoms with Crippen molar-refractivity contribution in [2.24, 2.45) is 0 Å². The van der Waals surface area contributed by atoms with Gasteiger partial charge in [-0.2, -0.15) is 0 Å². The Morgan fingerprint density at radius 1 is 1.13 bits per heavy atom. The van der Waals surface area contributed by atoms with Gasteiger partial charge in [-0.1, -0.05) is 37.5 Å². The third kappa shape index (κ3) is 4.09. The summed E-state index contributed by atoms with van der Waals surface area (Å²) in [5, 5.41) is 6.46. The average molecular weight is 309 g/mol. The SMILES string of the molecule is Cc1ccccc1NC(=O)c1cc(NC2CCCCC2)ccn1. The number of anilines is 2. The summed E-state index contributed by atoms with van der Waals surface area (Å²) >= 11 is 0. The van der Waals surface area contributed by atoms with Crippen LogP contribution in [0.2, 0.25) is 0 Å². The first kappa shape index (κ1) is 15.5. The van der Waals surface area contributed by atoms with Crippen molar-refractivity contribution in [3.05, 3.63) is 53.9 Å². The molecular weight excluding hydrogens is 286 g/mol. The smallest absolute Gasteiger partial charge is 0.274 e. The van der Waals surface area contributed by atoms with Crippen LogP contribution in [0, 0.1) is 6.92 Å². The van der Waals surface area contributed by atoms with Crippen LogP contribution in [0.1, 0.15) is 48.2 Å². The molecule has 1 fully saturated rings. The van der Waals surface area contributed by atoms with E-state index in [4.69, 9.17) is 0 Å². The maximum Gasteiger partial charge on any atom is 0.274 e. The van der Waals surface area contributed by atoms with E-state index in [1.165, 1.54) is 32.1 Å². The Balaban J connectivity index is 1.69. The molecular formula is C19H23N3O. The van der Waals surface area contributed by atoms with Crippen molar-refractivity contribution in [3.63, 3.8) is 0 Å². The van der Waals surface area contributed by atoms with E-state index in [0.29, 0.717) is 11.7 Å². The molecule has 23 heavy (non-hydrogen) atoms. The van der Waals surface area contributed by atoms with Crippen LogP contribution >= 0.6 is 0 Å². The minimum absolute atomic E-state index is 0.174. The average Bonchev–Trinajstić information content (AvgIpc) is 2.58. The Labute approximate surface area is 137 Å². The van der Waals surface area contributed by atoms with Gasteiger partial charge in [-0.25, -0.2) is 0 Å². The number of hydrogen-bond acceptors (Lipinski definition) is 3. The Bertz CT molecular complexity index is 678. The molecule has 0 bridgehead atoms. The number of para-hydroxylation sites is 1. The van der Waals surface area contributed by atoms with Gasteiger partial charge < -0.3 is 10.6 Å². The maximum atomic E-state index is 12.4. The summed E-state index contributed by atoms with van der Waals surface area (Å²) < 4.78 is 0. The van der Waals surface area contributed by atoms with Gasteiger partial charge in [0.1, 0.15) is 5.69 Å². The molecule has 4 nitrogen and oxygen atoms in total. The number of carbonyl (C=O) groups is 1. The van der Waals surface area contributed by atoms with Crippen LogP contribution in [-0.2, 0) is 0 Å². The molecule has 1 aromatic heterocycles. The fourth-order valence-corrected chi connectivity index (χ4v) is 3.03. The van der Waals surface area contributed by atoms with E-state index in [9.17, 15) is 4.79 Å². The standard InChI is InChI=1S/C19H23N3O/c1-14-7-5-6-10-17(14)22-19(23)18-13-16(11-12-20-18)21-15-8-3-2-4-9-15/h5-7,10-13,15H,2-4,8-9H2,1H3,(H,20,21)(H,22,23). The van der Waals surface area contributed by atoms with Crippen molar-refractivity contribution in [1.29, 1.82) is 0 Å². The number of aryl methyl sites for hydroxylation is 1. The summed E-state index contributed by atoms with van der Waals surface area (Å²) in [7, 11) is 0. The summed E-state index contributed by atoms with van der Waals surface area (Å²) in [4.78, 5) is 16.6. The molecule has 4 heteroatoms. The molecule has 0 unspecified atom stereocenters. The minimum atomic E-state index is -0.174. The zero-order valence-electron chi connectivity index (χ0n) is 13.5. The van der Waals surface area contributed by atoms with Gasteiger partial charge >= 0.3 is 0 Å². The largest absolute Gasteiger partial charge is 0.382 e. The van der Waals surface area contributed by atoms with Crippen molar-refractivity contribution < 1.29 is 4.79 Å². The summed E-state index contributed by atoms with van der Waals surface area (Å²) in [5.74, 6) is -0.174. The Morgan fingerprint density at radius 3 is 2.70 bits per heavy atom. The number of pyridine rings is 1. The highest BCUT2D eigenvalue weighted by atomic mass is 16.1. The predicted molar refractivity (Wildman–Crippen MR) is 93.9 cm³/mol. The predicted octanol–water partition coefficient (Wildman–Crippen LogP) is 4.39. The summed E-state index contributed by atoms with van der Waals surface area (Å²) in [6, 6.07) is 12.0. The summed E-state index contributed by atoms with van der Waals surface area (Å²) in [5.41, 5.74) is 3.28. The fraction of sp³-hybridized carbons (Fsp3) is 0.368. The van der Waals surface area contributed by atoms with Crippen LogP contribution < -0.4 is 10.6 Å². The van der Waals surface area contributed by atoms with Crippen molar-refractivity contribution in [1.82, 2.24) is 4.98 Å². The first-order chi connectivity index (χ1) is 11.2. The molecule has 3 rings (SSSR count). The second-order valence-corrected chi connectivity index (χ2v) is 6.18. The van der Waals surface area contributed by atoms with Crippen LogP contribution in [0.15, 0.2) is 42.6 Å². The number of hydrogen-bond donors (Lipinski definition) is 2. The molecule has 1 amide bonds. The lowest BCUT2D eigenvalue weighted by Crippen LogP contribution is -2.22. The van der Waals surface area contributed by atoms with E-state index in [2.05, 4.69) is 15.6 Å². The first-order valence-electron chi connectivity index (χ1n) is 8.32. The molecule has 2 N–H and O–H groups in total. The number of amides is 1. The molecule has 1 heterocycles. The van der Waals surface area contributed by atoms with Gasteiger partial charge in [-0.15, -0.1) is 0 Å². The molecule has 1 aromatic carbocycles. The zero-order valence-corrected chi connectivity index (χ0v) is 13.5. The lowest BCUT2D eigenvalue weighted by molar-refractivity contribution is 0.102. The Morgan fingerprint density at radius 2 is 1.91 bits per heavy atom. The minimum Gasteiger partial charge on any atom is -0.382 e. The van der Waals surface area contributed by atoms with Crippen LogP contribution in [0.25, 0.3) is 0 Å². The highest BCUT2D eigenvalue weighted by Gasteiger charge is 2.14. The van der Waals surface area contributed by atoms with Gasteiger partial charge in [0, 0.05) is 23.6 Å². The van der Waals surface area contributed by atoms with E-state index < -0.39 is 0 Å². The van der Waals surface area contributed by atoms with Crippen molar-refractivity contribution in [2.75, 3.05) is 10.6 Å². The summed E-state index contributed by atoms with van der Waals surface area (Å²) in [6.07, 6.45) is 7.99. The van der Waals surface area contributed by atoms with E-state index in [1.807, 2.05) is 43.3 Å². The molecule has 0 radical (unpaired) electrons. The van der Waals surface area contributed by atoms with E-state index >= 15 is 0 Å². The molecule has 0 spiro atoms. The van der Waals surface area contributed by atoms with Crippen LogP contribution in [0.4, 0.5) is 11.4 Å². The number of nitrogens with one attached hydrogen (secondary N) is 2. The third-order valence-corrected chi connectivity index (χ3v) is 4.36. The molecule has 1 aliphatic carbocycles. The third-order valence-electron chi connectivity index (χ3n) is 4.36. The number of carbonyl (C=O) groups excluding carboxylic acids is 1. The lowest BCUT2D eigenvalue weighted by atomic mass is 9.95. The second-order valence-electron chi connectivity index (χ2n) is 6.18. The lowest BCUT2D eigenvalue weighted by Gasteiger charge is -2.23. The molecule has 1 aliphatic rings. The topological polar surface area (TPSA) is 54.0 Å². The van der Waals surface area contributed by atoms with Gasteiger partial charge in [-0.05, 0) is 43.5 Å². The van der Waals surface area contributed by atoms with Gasteiger partial charge in [-0.3, -0.25) is 9.78 Å². The number of benzene rings is 1. The monoisotopic (exact) mass is 309 g/mol. The van der Waals surface area contributed by atoms with Crippen LogP contribution in [0.3, 0.4) is 0 Å². The zero-order chi connectivity index (χ0) is 16.1. The molecule has 2 aromatic rings. The number of aromatic nitrogens is 1. The highest BCUT2D eigenvalue weighted by molar-refractivity contribution is 6.03. The van der Waals surface area contributed by atoms with Gasteiger partial charge in [0.25, 0.3) is 5.91 Å². The molecule has 0 saturated heterocycles. The fourth-order valence-electron chi connectivity index (χ4n) is 3.03. The van der Waals surface area contributed by atoms with E-state index in [0.717, 1.165) is 16.9 Å². The number of rotatable bonds is 4. The highest BCUT2D eigenvalue weighted by Crippen LogP contribution is 2.22. The van der Waals surface area contributed by atoms with Gasteiger partial charge in [0.2, 0.25) is 0 Å². The van der Waals surface area contributed by atoms with Crippen molar-refractivity contribution in [3.8, 4) is 0 Å². The first-order valence-corrected chi connectivity index (χ1v) is 8.32. The molecule has 1 saturated carbocycles. The van der Waals surface area contributed by atoms with Gasteiger partial charge in [0.15, 0.2) is 0 Å². The van der Waals surface area contributed by atoms with Crippen molar-refractivity contribution >= 4 is 17.3 Å². The van der Waals surface area contributed by atoms with Gasteiger partial charge in [0.05, 0.1) is 0 Å². The van der Waals surface area contributed by atoms with E-state index in [-0.39, 0.29) is 5.91 Å². The maximum absolute atomic E-state index is 12.4.